The maximum atomic E-state index is 6.00. The summed E-state index contributed by atoms with van der Waals surface area (Å²) in [6, 6.07) is 3.84. The number of aromatic nitrogens is 1. The van der Waals surface area contributed by atoms with Gasteiger partial charge in [-0.1, -0.05) is 43.9 Å². The molecule has 1 aromatic rings. The van der Waals surface area contributed by atoms with Crippen LogP contribution in [-0.4, -0.2) is 4.98 Å². The minimum atomic E-state index is 0.103. The highest BCUT2D eigenvalue weighted by molar-refractivity contribution is 6.29. The van der Waals surface area contributed by atoms with E-state index in [-0.39, 0.29) is 6.04 Å². The second kappa shape index (κ2) is 5.99. The maximum absolute atomic E-state index is 6.00. The number of halogens is 1. The fourth-order valence-electron chi connectivity index (χ4n) is 1.39. The zero-order valence-corrected chi connectivity index (χ0v) is 9.30. The zero-order chi connectivity index (χ0) is 10.4. The van der Waals surface area contributed by atoms with Crippen LogP contribution in [0.25, 0.3) is 0 Å². The standard InChI is InChI=1S/C11H17ClN2/c1-2-3-4-5-10(13)9-6-7-11(12)14-8-9/h6-8,10H,2-5,13H2,1H3/t10-/m0/s1. The third-order valence-electron chi connectivity index (χ3n) is 2.30. The number of unbranched alkanes of at least 4 members (excludes halogenated alkanes) is 2. The molecule has 0 amide bonds. The summed E-state index contributed by atoms with van der Waals surface area (Å²) in [6.07, 6.45) is 6.44. The van der Waals surface area contributed by atoms with Gasteiger partial charge in [0.1, 0.15) is 5.15 Å². The van der Waals surface area contributed by atoms with Crippen molar-refractivity contribution >= 4 is 11.6 Å². The highest BCUT2D eigenvalue weighted by atomic mass is 35.5. The minimum absolute atomic E-state index is 0.103. The second-order valence-corrected chi connectivity index (χ2v) is 3.90. The summed E-state index contributed by atoms with van der Waals surface area (Å²) in [5, 5.41) is 0.523. The Kier molecular flexibility index (Phi) is 4.91. The van der Waals surface area contributed by atoms with Gasteiger partial charge in [0.2, 0.25) is 0 Å². The van der Waals surface area contributed by atoms with Crippen LogP contribution in [0.1, 0.15) is 44.2 Å². The van der Waals surface area contributed by atoms with Crippen LogP contribution in [0, 0.1) is 0 Å². The van der Waals surface area contributed by atoms with Gasteiger partial charge in [-0.25, -0.2) is 4.98 Å². The Morgan fingerprint density at radius 2 is 2.21 bits per heavy atom. The number of rotatable bonds is 5. The van der Waals surface area contributed by atoms with E-state index in [9.17, 15) is 0 Å². The molecule has 0 saturated carbocycles. The van der Waals surface area contributed by atoms with Gasteiger partial charge in [-0.3, -0.25) is 0 Å². The largest absolute Gasteiger partial charge is 0.324 e. The minimum Gasteiger partial charge on any atom is -0.324 e. The summed E-state index contributed by atoms with van der Waals surface area (Å²) in [5.41, 5.74) is 7.08. The zero-order valence-electron chi connectivity index (χ0n) is 8.54. The van der Waals surface area contributed by atoms with E-state index < -0.39 is 0 Å². The third-order valence-corrected chi connectivity index (χ3v) is 2.52. The molecule has 3 heteroatoms. The summed E-state index contributed by atoms with van der Waals surface area (Å²) < 4.78 is 0. The van der Waals surface area contributed by atoms with Gasteiger partial charge in [0.05, 0.1) is 0 Å². The lowest BCUT2D eigenvalue weighted by Crippen LogP contribution is -2.10. The Morgan fingerprint density at radius 3 is 2.79 bits per heavy atom. The maximum Gasteiger partial charge on any atom is 0.129 e. The van der Waals surface area contributed by atoms with E-state index in [0.29, 0.717) is 5.15 Å². The highest BCUT2D eigenvalue weighted by Crippen LogP contribution is 2.17. The molecule has 0 bridgehead atoms. The molecular weight excluding hydrogens is 196 g/mol. The van der Waals surface area contributed by atoms with Crippen LogP contribution in [0.15, 0.2) is 18.3 Å². The smallest absolute Gasteiger partial charge is 0.129 e. The fourth-order valence-corrected chi connectivity index (χ4v) is 1.50. The number of nitrogens with zero attached hydrogens (tertiary/aromatic N) is 1. The number of nitrogens with two attached hydrogens (primary N) is 1. The number of pyridine rings is 1. The van der Waals surface area contributed by atoms with Crippen LogP contribution in [0.3, 0.4) is 0 Å². The van der Waals surface area contributed by atoms with Crippen molar-refractivity contribution in [1.29, 1.82) is 0 Å². The Morgan fingerprint density at radius 1 is 1.43 bits per heavy atom. The molecule has 14 heavy (non-hydrogen) atoms. The number of hydrogen-bond donors (Lipinski definition) is 1. The molecule has 0 aliphatic heterocycles. The van der Waals surface area contributed by atoms with E-state index in [4.69, 9.17) is 17.3 Å². The van der Waals surface area contributed by atoms with Gasteiger partial charge in [-0.2, -0.15) is 0 Å². The van der Waals surface area contributed by atoms with Gasteiger partial charge < -0.3 is 5.73 Å². The van der Waals surface area contributed by atoms with Gasteiger partial charge in [0, 0.05) is 12.2 Å². The normalized spacial score (nSPS) is 12.8. The third kappa shape index (κ3) is 3.64. The van der Waals surface area contributed by atoms with Crippen LogP contribution in [0.4, 0.5) is 0 Å². The first-order valence-corrected chi connectivity index (χ1v) is 5.49. The van der Waals surface area contributed by atoms with Gasteiger partial charge in [-0.05, 0) is 18.1 Å². The Hall–Kier alpha value is -0.600. The predicted octanol–water partition coefficient (Wildman–Crippen LogP) is 3.32. The van der Waals surface area contributed by atoms with E-state index in [1.54, 1.807) is 12.3 Å². The monoisotopic (exact) mass is 212 g/mol. The lowest BCUT2D eigenvalue weighted by molar-refractivity contribution is 0.580. The molecular formula is C11H17ClN2. The molecule has 2 N–H and O–H groups in total. The topological polar surface area (TPSA) is 38.9 Å². The molecule has 1 aromatic heterocycles. The van der Waals surface area contributed by atoms with Crippen LogP contribution >= 0.6 is 11.6 Å². The van der Waals surface area contributed by atoms with Crippen molar-refractivity contribution in [3.63, 3.8) is 0 Å². The molecule has 1 heterocycles. The van der Waals surface area contributed by atoms with E-state index in [1.807, 2.05) is 6.07 Å². The SMILES string of the molecule is CCCCC[C@H](N)c1ccc(Cl)nc1. The summed E-state index contributed by atoms with van der Waals surface area (Å²) in [4.78, 5) is 4.01. The van der Waals surface area contributed by atoms with E-state index in [0.717, 1.165) is 12.0 Å². The molecule has 0 aliphatic carbocycles. The first-order valence-electron chi connectivity index (χ1n) is 5.11. The van der Waals surface area contributed by atoms with Crippen molar-refractivity contribution in [2.75, 3.05) is 0 Å². The second-order valence-electron chi connectivity index (χ2n) is 3.52. The molecule has 0 aliphatic rings. The molecule has 0 unspecified atom stereocenters. The average Bonchev–Trinajstić information content (AvgIpc) is 2.19. The van der Waals surface area contributed by atoms with Gasteiger partial charge in [-0.15, -0.1) is 0 Å². The number of hydrogen-bond acceptors (Lipinski definition) is 2. The van der Waals surface area contributed by atoms with Gasteiger partial charge in [0.15, 0.2) is 0 Å². The Labute approximate surface area is 90.5 Å². The highest BCUT2D eigenvalue weighted by Gasteiger charge is 2.05. The van der Waals surface area contributed by atoms with Crippen LogP contribution < -0.4 is 5.73 Å². The Balaban J connectivity index is 2.43. The average molecular weight is 213 g/mol. The lowest BCUT2D eigenvalue weighted by atomic mass is 10.0. The van der Waals surface area contributed by atoms with Gasteiger partial charge in [0.25, 0.3) is 0 Å². The molecule has 0 radical (unpaired) electrons. The first kappa shape index (κ1) is 11.5. The van der Waals surface area contributed by atoms with Crippen molar-refractivity contribution in [1.82, 2.24) is 4.98 Å². The molecule has 0 saturated heterocycles. The van der Waals surface area contributed by atoms with Crippen molar-refractivity contribution in [2.45, 2.75) is 38.6 Å². The molecule has 0 aromatic carbocycles. The molecule has 0 fully saturated rings. The Bertz CT molecular complexity index is 258. The van der Waals surface area contributed by atoms with Crippen LogP contribution in [-0.2, 0) is 0 Å². The first-order chi connectivity index (χ1) is 6.74. The van der Waals surface area contributed by atoms with E-state index in [1.165, 1.54) is 19.3 Å². The fraction of sp³-hybridized carbons (Fsp3) is 0.545. The summed E-state index contributed by atoms with van der Waals surface area (Å²) in [5.74, 6) is 0. The van der Waals surface area contributed by atoms with Gasteiger partial charge >= 0.3 is 0 Å². The quantitative estimate of drug-likeness (QED) is 0.601. The van der Waals surface area contributed by atoms with Crippen molar-refractivity contribution < 1.29 is 0 Å². The summed E-state index contributed by atoms with van der Waals surface area (Å²) in [7, 11) is 0. The van der Waals surface area contributed by atoms with Crippen LogP contribution in [0.2, 0.25) is 5.15 Å². The molecule has 1 rings (SSSR count). The molecule has 2 nitrogen and oxygen atoms in total. The van der Waals surface area contributed by atoms with E-state index in [2.05, 4.69) is 11.9 Å². The molecule has 1 atom stereocenters. The summed E-state index contributed by atoms with van der Waals surface area (Å²) in [6.45, 7) is 2.19. The lowest BCUT2D eigenvalue weighted by Gasteiger charge is -2.10. The van der Waals surface area contributed by atoms with Crippen molar-refractivity contribution in [3.8, 4) is 0 Å². The van der Waals surface area contributed by atoms with Crippen LogP contribution in [0.5, 0.6) is 0 Å². The molecule has 0 spiro atoms. The predicted molar refractivity (Wildman–Crippen MR) is 60.3 cm³/mol. The van der Waals surface area contributed by atoms with E-state index >= 15 is 0 Å². The van der Waals surface area contributed by atoms with Crippen molar-refractivity contribution in [3.05, 3.63) is 29.0 Å². The molecule has 78 valence electrons. The summed E-state index contributed by atoms with van der Waals surface area (Å²) >= 11 is 5.69. The van der Waals surface area contributed by atoms with Crippen molar-refractivity contribution in [2.24, 2.45) is 5.73 Å².